The molecule has 0 aliphatic rings. The third-order valence-corrected chi connectivity index (χ3v) is 4.99. The maximum atomic E-state index is 12.8. The molecule has 1 rings (SSSR count). The van der Waals surface area contributed by atoms with Gasteiger partial charge in [0.25, 0.3) is 0 Å². The van der Waals surface area contributed by atoms with Gasteiger partial charge in [0.1, 0.15) is 12.1 Å². The van der Waals surface area contributed by atoms with E-state index in [4.69, 9.17) is 17.2 Å². The molecule has 0 spiro atoms. The molecule has 2 amide bonds. The van der Waals surface area contributed by atoms with Crippen molar-refractivity contribution >= 4 is 23.7 Å². The monoisotopic (exact) mass is 434 g/mol. The van der Waals surface area contributed by atoms with Crippen molar-refractivity contribution in [1.29, 1.82) is 0 Å². The third-order valence-electron chi connectivity index (χ3n) is 4.99. The van der Waals surface area contributed by atoms with E-state index >= 15 is 0 Å². The van der Waals surface area contributed by atoms with E-state index < -0.39 is 35.9 Å². The molecule has 10 heteroatoms. The molecular weight excluding hydrogens is 400 g/mol. The van der Waals surface area contributed by atoms with Crippen molar-refractivity contribution in [2.24, 2.45) is 28.1 Å². The maximum Gasteiger partial charge on any atom is 0.326 e. The summed E-state index contributed by atoms with van der Waals surface area (Å²) < 4.78 is 0. The number of carboxylic acid groups (broad SMARTS) is 1. The molecule has 1 aromatic carbocycles. The van der Waals surface area contributed by atoms with Crippen LogP contribution in [0.3, 0.4) is 0 Å². The zero-order valence-electron chi connectivity index (χ0n) is 18.1. The molecular formula is C21H34N6O4. The van der Waals surface area contributed by atoms with Crippen LogP contribution in [-0.4, -0.2) is 53.5 Å². The van der Waals surface area contributed by atoms with Gasteiger partial charge in [0.05, 0.1) is 6.04 Å². The first kappa shape index (κ1) is 25.9. The van der Waals surface area contributed by atoms with Gasteiger partial charge in [0.15, 0.2) is 5.96 Å². The Morgan fingerprint density at radius 3 is 2.29 bits per heavy atom. The Bertz CT molecular complexity index is 751. The van der Waals surface area contributed by atoms with E-state index in [1.54, 1.807) is 6.92 Å². The van der Waals surface area contributed by atoms with Crippen LogP contribution in [-0.2, 0) is 20.8 Å². The van der Waals surface area contributed by atoms with Crippen LogP contribution < -0.4 is 27.8 Å². The molecule has 0 aliphatic heterocycles. The lowest BCUT2D eigenvalue weighted by atomic mass is 9.98. The van der Waals surface area contributed by atoms with Crippen LogP contribution in [0, 0.1) is 5.92 Å². The lowest BCUT2D eigenvalue weighted by molar-refractivity contribution is -0.143. The molecule has 0 unspecified atom stereocenters. The fourth-order valence-electron chi connectivity index (χ4n) is 2.95. The highest BCUT2D eigenvalue weighted by Crippen LogP contribution is 2.10. The van der Waals surface area contributed by atoms with E-state index in [2.05, 4.69) is 15.6 Å². The zero-order chi connectivity index (χ0) is 23.4. The summed E-state index contributed by atoms with van der Waals surface area (Å²) in [6, 6.07) is 6.39. The number of carbonyl (C=O) groups is 3. The van der Waals surface area contributed by atoms with Gasteiger partial charge in [-0.1, -0.05) is 50.6 Å². The van der Waals surface area contributed by atoms with E-state index in [1.807, 2.05) is 37.3 Å². The van der Waals surface area contributed by atoms with Crippen molar-refractivity contribution in [2.45, 2.75) is 57.7 Å². The smallest absolute Gasteiger partial charge is 0.326 e. The summed E-state index contributed by atoms with van der Waals surface area (Å²) in [5.41, 5.74) is 17.5. The highest BCUT2D eigenvalue weighted by atomic mass is 16.4. The summed E-state index contributed by atoms with van der Waals surface area (Å²) in [6.45, 7) is 3.84. The maximum absolute atomic E-state index is 12.8. The van der Waals surface area contributed by atoms with E-state index in [0.29, 0.717) is 19.3 Å². The van der Waals surface area contributed by atoms with E-state index in [0.717, 1.165) is 5.56 Å². The molecule has 9 N–H and O–H groups in total. The van der Waals surface area contributed by atoms with Crippen molar-refractivity contribution in [2.75, 3.05) is 6.54 Å². The van der Waals surface area contributed by atoms with Gasteiger partial charge in [0.2, 0.25) is 11.8 Å². The Labute approximate surface area is 182 Å². The molecule has 0 saturated heterocycles. The van der Waals surface area contributed by atoms with Crippen LogP contribution >= 0.6 is 0 Å². The van der Waals surface area contributed by atoms with E-state index in [-0.39, 0.29) is 24.8 Å². The Morgan fingerprint density at radius 2 is 1.74 bits per heavy atom. The minimum atomic E-state index is -1.13. The first-order chi connectivity index (χ1) is 14.6. The summed E-state index contributed by atoms with van der Waals surface area (Å²) >= 11 is 0. The summed E-state index contributed by atoms with van der Waals surface area (Å²) in [5, 5.41) is 14.6. The van der Waals surface area contributed by atoms with Crippen molar-refractivity contribution in [3.05, 3.63) is 35.9 Å². The van der Waals surface area contributed by atoms with Crippen LogP contribution in [0.4, 0.5) is 0 Å². The molecule has 4 atom stereocenters. The number of hydrogen-bond acceptors (Lipinski definition) is 5. The van der Waals surface area contributed by atoms with Gasteiger partial charge in [-0.2, -0.15) is 0 Å². The molecule has 1 aromatic rings. The summed E-state index contributed by atoms with van der Waals surface area (Å²) in [7, 11) is 0. The van der Waals surface area contributed by atoms with Gasteiger partial charge in [-0.15, -0.1) is 0 Å². The lowest BCUT2D eigenvalue weighted by Gasteiger charge is -2.25. The predicted molar refractivity (Wildman–Crippen MR) is 119 cm³/mol. The molecule has 0 saturated carbocycles. The minimum Gasteiger partial charge on any atom is -0.480 e. The third kappa shape index (κ3) is 9.47. The largest absolute Gasteiger partial charge is 0.480 e. The number of hydrogen-bond donors (Lipinski definition) is 6. The molecule has 0 radical (unpaired) electrons. The fraction of sp³-hybridized carbons (Fsp3) is 0.524. The number of nitrogens with zero attached hydrogens (tertiary/aromatic N) is 1. The molecule has 31 heavy (non-hydrogen) atoms. The van der Waals surface area contributed by atoms with Crippen LogP contribution in [0.1, 0.15) is 38.7 Å². The Kier molecular flexibility index (Phi) is 11.0. The molecule has 172 valence electrons. The number of carboxylic acids is 1. The van der Waals surface area contributed by atoms with Crippen molar-refractivity contribution in [3.8, 4) is 0 Å². The van der Waals surface area contributed by atoms with Gasteiger partial charge in [0, 0.05) is 6.54 Å². The average molecular weight is 435 g/mol. The number of guanidine groups is 1. The number of rotatable bonds is 13. The standard InChI is InChI=1S/C21H34N6O4/c1-3-13(2)17(20(30)31)27-19(29)16(10-7-11-25-21(23)24)26-18(28)15(22)12-14-8-5-4-6-9-14/h4-6,8-9,13,15-17H,3,7,10-12,22H2,1-2H3,(H,26,28)(H,27,29)(H,30,31)(H4,23,24,25)/t13-,15-,16-,17-/m0/s1. The number of benzene rings is 1. The van der Waals surface area contributed by atoms with E-state index in [1.165, 1.54) is 0 Å². The molecule has 0 heterocycles. The lowest BCUT2D eigenvalue weighted by Crippen LogP contribution is -2.55. The Hall–Kier alpha value is -3.14. The fourth-order valence-corrected chi connectivity index (χ4v) is 2.95. The topological polar surface area (TPSA) is 186 Å². The Morgan fingerprint density at radius 1 is 1.10 bits per heavy atom. The summed E-state index contributed by atoms with van der Waals surface area (Å²) in [5.74, 6) is -2.56. The number of amides is 2. The minimum absolute atomic E-state index is 0.0716. The van der Waals surface area contributed by atoms with Gasteiger partial charge >= 0.3 is 5.97 Å². The summed E-state index contributed by atoms with van der Waals surface area (Å²) in [4.78, 5) is 40.8. The molecule has 0 bridgehead atoms. The number of aliphatic imine (C=N–C) groups is 1. The van der Waals surface area contributed by atoms with Gasteiger partial charge < -0.3 is 32.9 Å². The highest BCUT2D eigenvalue weighted by molar-refractivity contribution is 5.91. The summed E-state index contributed by atoms with van der Waals surface area (Å²) in [6.07, 6.45) is 1.50. The van der Waals surface area contributed by atoms with Crippen LogP contribution in [0.25, 0.3) is 0 Å². The van der Waals surface area contributed by atoms with Crippen LogP contribution in [0.5, 0.6) is 0 Å². The van der Waals surface area contributed by atoms with Gasteiger partial charge in [-0.3, -0.25) is 14.6 Å². The van der Waals surface area contributed by atoms with Gasteiger partial charge in [-0.25, -0.2) is 4.79 Å². The molecule has 0 aromatic heterocycles. The first-order valence-corrected chi connectivity index (χ1v) is 10.3. The van der Waals surface area contributed by atoms with Crippen LogP contribution in [0.15, 0.2) is 35.3 Å². The van der Waals surface area contributed by atoms with Gasteiger partial charge in [-0.05, 0) is 30.7 Å². The second-order valence-corrected chi connectivity index (χ2v) is 7.52. The predicted octanol–water partition coefficient (Wildman–Crippen LogP) is -0.290. The second kappa shape index (κ2) is 13.2. The normalized spacial score (nSPS) is 14.5. The number of carbonyl (C=O) groups excluding carboxylic acids is 2. The number of nitrogens with two attached hydrogens (primary N) is 3. The number of nitrogens with one attached hydrogen (secondary N) is 2. The van der Waals surface area contributed by atoms with Crippen LogP contribution in [0.2, 0.25) is 0 Å². The highest BCUT2D eigenvalue weighted by Gasteiger charge is 2.30. The SMILES string of the molecule is CC[C@H](C)[C@H](NC(=O)[C@H](CCCN=C(N)N)NC(=O)[C@@H](N)Cc1ccccc1)C(=O)O. The zero-order valence-corrected chi connectivity index (χ0v) is 18.1. The molecule has 0 fully saturated rings. The van der Waals surface area contributed by atoms with Crippen molar-refractivity contribution < 1.29 is 19.5 Å². The second-order valence-electron chi connectivity index (χ2n) is 7.52. The average Bonchev–Trinajstić information content (AvgIpc) is 2.73. The van der Waals surface area contributed by atoms with E-state index in [9.17, 15) is 19.5 Å². The Balaban J connectivity index is 2.85. The quantitative estimate of drug-likeness (QED) is 0.140. The molecule has 10 nitrogen and oxygen atoms in total. The van der Waals surface area contributed by atoms with Crippen molar-refractivity contribution in [1.82, 2.24) is 10.6 Å². The molecule has 0 aliphatic carbocycles. The number of aliphatic carboxylic acids is 1. The van der Waals surface area contributed by atoms with Crippen molar-refractivity contribution in [3.63, 3.8) is 0 Å². The first-order valence-electron chi connectivity index (χ1n) is 10.3.